The lowest BCUT2D eigenvalue weighted by atomic mass is 10.3. The lowest BCUT2D eigenvalue weighted by Gasteiger charge is -2.13. The van der Waals surface area contributed by atoms with Crippen molar-refractivity contribution in [3.8, 4) is 0 Å². The Bertz CT molecular complexity index is 689. The van der Waals surface area contributed by atoms with Crippen LogP contribution in [-0.2, 0) is 19.6 Å². The molecule has 1 aliphatic rings. The SMILES string of the molecule is CN1C(=O)CC(NS(=O)(=O)c2cc(Cl)ccc2N)C1=O. The number of nitrogens with zero attached hydrogens (tertiary/aromatic N) is 1. The molecule has 0 spiro atoms. The number of likely N-dealkylation sites (N-methyl/N-ethyl adjacent to an activating group) is 1. The van der Waals surface area contributed by atoms with Crippen LogP contribution in [0.4, 0.5) is 5.69 Å². The molecule has 0 radical (unpaired) electrons. The molecule has 1 saturated heterocycles. The molecule has 2 rings (SSSR count). The summed E-state index contributed by atoms with van der Waals surface area (Å²) in [5.74, 6) is -1.04. The highest BCUT2D eigenvalue weighted by Gasteiger charge is 2.39. The summed E-state index contributed by atoms with van der Waals surface area (Å²) in [6.45, 7) is 0. The molecule has 9 heteroatoms. The van der Waals surface area contributed by atoms with E-state index in [4.69, 9.17) is 17.3 Å². The van der Waals surface area contributed by atoms with Gasteiger partial charge in [-0.1, -0.05) is 11.6 Å². The first-order valence-corrected chi connectivity index (χ1v) is 7.46. The molecule has 1 fully saturated rings. The lowest BCUT2D eigenvalue weighted by Crippen LogP contribution is -2.40. The molecule has 1 heterocycles. The summed E-state index contributed by atoms with van der Waals surface area (Å²) in [4.78, 5) is 23.7. The zero-order valence-electron chi connectivity index (χ0n) is 10.5. The largest absolute Gasteiger partial charge is 0.398 e. The van der Waals surface area contributed by atoms with Gasteiger partial charge in [0.25, 0.3) is 0 Å². The number of hydrogen-bond acceptors (Lipinski definition) is 5. The van der Waals surface area contributed by atoms with E-state index in [1.807, 2.05) is 0 Å². The molecule has 0 aliphatic carbocycles. The number of carbonyl (C=O) groups is 2. The molecule has 0 bridgehead atoms. The van der Waals surface area contributed by atoms with Crippen molar-refractivity contribution in [2.24, 2.45) is 0 Å². The number of sulfonamides is 1. The highest BCUT2D eigenvalue weighted by Crippen LogP contribution is 2.23. The van der Waals surface area contributed by atoms with Gasteiger partial charge in [-0.15, -0.1) is 0 Å². The third-order valence-corrected chi connectivity index (χ3v) is 4.71. The zero-order chi connectivity index (χ0) is 15.1. The molecule has 7 nitrogen and oxygen atoms in total. The molecule has 1 aromatic rings. The Morgan fingerprint density at radius 1 is 1.40 bits per heavy atom. The van der Waals surface area contributed by atoms with Crippen molar-refractivity contribution in [1.29, 1.82) is 0 Å². The highest BCUT2D eigenvalue weighted by atomic mass is 35.5. The van der Waals surface area contributed by atoms with Crippen molar-refractivity contribution < 1.29 is 18.0 Å². The van der Waals surface area contributed by atoms with Crippen LogP contribution in [0, 0.1) is 0 Å². The third-order valence-electron chi connectivity index (χ3n) is 2.94. The van der Waals surface area contributed by atoms with Gasteiger partial charge in [0.05, 0.1) is 12.1 Å². The molecule has 2 amide bonds. The summed E-state index contributed by atoms with van der Waals surface area (Å²) in [6.07, 6.45) is -0.213. The number of halogens is 1. The van der Waals surface area contributed by atoms with E-state index in [0.717, 1.165) is 4.90 Å². The number of imide groups is 1. The van der Waals surface area contributed by atoms with E-state index in [2.05, 4.69) is 4.72 Å². The summed E-state index contributed by atoms with van der Waals surface area (Å²) in [5, 5.41) is 0.200. The number of rotatable bonds is 3. The molecule has 1 unspecified atom stereocenters. The molecular formula is C11H12ClN3O4S. The molecule has 1 aromatic carbocycles. The Morgan fingerprint density at radius 3 is 2.60 bits per heavy atom. The topological polar surface area (TPSA) is 110 Å². The minimum Gasteiger partial charge on any atom is -0.398 e. The zero-order valence-corrected chi connectivity index (χ0v) is 12.0. The smallest absolute Gasteiger partial charge is 0.247 e. The van der Waals surface area contributed by atoms with Crippen LogP contribution in [0.1, 0.15) is 6.42 Å². The second kappa shape index (κ2) is 5.04. The molecule has 108 valence electrons. The molecule has 1 aliphatic heterocycles. The fourth-order valence-corrected chi connectivity index (χ4v) is 3.42. The predicted octanol–water partition coefficient (Wildman–Crippen LogP) is -0.0422. The van der Waals surface area contributed by atoms with Crippen molar-refractivity contribution in [1.82, 2.24) is 9.62 Å². The first kappa shape index (κ1) is 14.8. The number of nitrogens with one attached hydrogen (secondary N) is 1. The number of benzene rings is 1. The second-order valence-corrected chi connectivity index (χ2v) is 6.47. The van der Waals surface area contributed by atoms with Crippen LogP contribution in [-0.4, -0.2) is 38.2 Å². The predicted molar refractivity (Wildman–Crippen MR) is 72.4 cm³/mol. The minimum absolute atomic E-state index is 0.00651. The van der Waals surface area contributed by atoms with Gasteiger partial charge < -0.3 is 5.73 Å². The molecule has 3 N–H and O–H groups in total. The van der Waals surface area contributed by atoms with Crippen LogP contribution in [0.3, 0.4) is 0 Å². The third kappa shape index (κ3) is 2.62. The van der Waals surface area contributed by atoms with E-state index in [1.165, 1.54) is 25.2 Å². The normalized spacial score (nSPS) is 19.7. The standard InChI is InChI=1S/C11H12ClN3O4S/c1-15-10(16)5-8(11(15)17)14-20(18,19)9-4-6(12)2-3-7(9)13/h2-4,8,14H,5,13H2,1H3. The lowest BCUT2D eigenvalue weighted by molar-refractivity contribution is -0.137. The van der Waals surface area contributed by atoms with Gasteiger partial charge in [0.2, 0.25) is 21.8 Å². The summed E-state index contributed by atoms with van der Waals surface area (Å²) >= 11 is 5.74. The van der Waals surface area contributed by atoms with Crippen LogP contribution in [0.15, 0.2) is 23.1 Å². The summed E-state index contributed by atoms with van der Waals surface area (Å²) in [7, 11) is -2.74. The van der Waals surface area contributed by atoms with Crippen LogP contribution in [0.2, 0.25) is 5.02 Å². The van der Waals surface area contributed by atoms with Gasteiger partial charge in [-0.05, 0) is 18.2 Å². The monoisotopic (exact) mass is 317 g/mol. The Kier molecular flexibility index (Phi) is 3.72. The molecular weight excluding hydrogens is 306 g/mol. The van der Waals surface area contributed by atoms with Crippen molar-refractivity contribution >= 4 is 39.1 Å². The van der Waals surface area contributed by atoms with Gasteiger partial charge in [-0.25, -0.2) is 8.42 Å². The fourth-order valence-electron chi connectivity index (χ4n) is 1.84. The summed E-state index contributed by atoms with van der Waals surface area (Å²) in [6, 6.07) is 2.87. The van der Waals surface area contributed by atoms with E-state index >= 15 is 0 Å². The Labute approximate surface area is 120 Å². The molecule has 0 aromatic heterocycles. The summed E-state index contributed by atoms with van der Waals surface area (Å²) < 4.78 is 26.5. The summed E-state index contributed by atoms with van der Waals surface area (Å²) in [5.41, 5.74) is 5.61. The van der Waals surface area contributed by atoms with Crippen LogP contribution in [0.25, 0.3) is 0 Å². The van der Waals surface area contributed by atoms with Gasteiger partial charge in [-0.3, -0.25) is 14.5 Å². The van der Waals surface area contributed by atoms with Crippen LogP contribution < -0.4 is 10.5 Å². The quantitative estimate of drug-likeness (QED) is 0.600. The second-order valence-electron chi connectivity index (χ2n) is 4.35. The maximum atomic E-state index is 12.2. The van der Waals surface area contributed by atoms with Crippen LogP contribution >= 0.6 is 11.6 Å². The van der Waals surface area contributed by atoms with E-state index in [0.29, 0.717) is 0 Å². The van der Waals surface area contributed by atoms with Gasteiger partial charge >= 0.3 is 0 Å². The van der Waals surface area contributed by atoms with Crippen molar-refractivity contribution in [3.63, 3.8) is 0 Å². The first-order valence-electron chi connectivity index (χ1n) is 5.60. The number of carbonyl (C=O) groups excluding carboxylic acids is 2. The molecule has 20 heavy (non-hydrogen) atoms. The Hall–Kier alpha value is -1.64. The fraction of sp³-hybridized carbons (Fsp3) is 0.273. The number of amides is 2. The average molecular weight is 318 g/mol. The minimum atomic E-state index is -4.04. The van der Waals surface area contributed by atoms with Gasteiger partial charge in [0.15, 0.2) is 0 Å². The van der Waals surface area contributed by atoms with Gasteiger partial charge in [0.1, 0.15) is 10.9 Å². The maximum Gasteiger partial charge on any atom is 0.247 e. The Balaban J connectivity index is 2.31. The average Bonchev–Trinajstić information content (AvgIpc) is 2.59. The van der Waals surface area contributed by atoms with Crippen LogP contribution in [0.5, 0.6) is 0 Å². The molecule has 1 atom stereocenters. The van der Waals surface area contributed by atoms with E-state index < -0.39 is 27.9 Å². The van der Waals surface area contributed by atoms with E-state index in [-0.39, 0.29) is 22.0 Å². The van der Waals surface area contributed by atoms with E-state index in [1.54, 1.807) is 0 Å². The van der Waals surface area contributed by atoms with Crippen molar-refractivity contribution in [2.75, 3.05) is 12.8 Å². The van der Waals surface area contributed by atoms with E-state index in [9.17, 15) is 18.0 Å². The molecule has 0 saturated carbocycles. The number of nitrogens with two attached hydrogens (primary N) is 1. The van der Waals surface area contributed by atoms with Crippen molar-refractivity contribution in [2.45, 2.75) is 17.4 Å². The van der Waals surface area contributed by atoms with Gasteiger partial charge in [-0.2, -0.15) is 4.72 Å². The number of nitrogen functional groups attached to an aromatic ring is 1. The number of likely N-dealkylation sites (tertiary alicyclic amines) is 1. The number of anilines is 1. The maximum absolute atomic E-state index is 12.2. The van der Waals surface area contributed by atoms with Crippen molar-refractivity contribution in [3.05, 3.63) is 23.2 Å². The highest BCUT2D eigenvalue weighted by molar-refractivity contribution is 7.89. The van der Waals surface area contributed by atoms with Gasteiger partial charge in [0, 0.05) is 12.1 Å². The first-order chi connectivity index (χ1) is 9.22. The Morgan fingerprint density at radius 2 is 2.05 bits per heavy atom. The number of hydrogen-bond donors (Lipinski definition) is 2.